The van der Waals surface area contributed by atoms with Crippen molar-refractivity contribution in [3.63, 3.8) is 0 Å². The van der Waals surface area contributed by atoms with Gasteiger partial charge in [0.15, 0.2) is 5.75 Å². The maximum Gasteiger partial charge on any atom is 0.225 e. The van der Waals surface area contributed by atoms with Gasteiger partial charge in [-0.3, -0.25) is 4.98 Å². The highest BCUT2D eigenvalue weighted by Crippen LogP contribution is 2.31. The van der Waals surface area contributed by atoms with E-state index in [0.29, 0.717) is 43.4 Å². The van der Waals surface area contributed by atoms with Gasteiger partial charge in [0.2, 0.25) is 11.8 Å². The molecule has 0 spiro atoms. The fraction of sp³-hybridized carbons (Fsp3) is 0.520. The van der Waals surface area contributed by atoms with Gasteiger partial charge in [0, 0.05) is 31.4 Å². The van der Waals surface area contributed by atoms with Crippen molar-refractivity contribution < 1.29 is 14.2 Å². The first-order chi connectivity index (χ1) is 16.8. The van der Waals surface area contributed by atoms with Crippen molar-refractivity contribution in [2.75, 3.05) is 43.1 Å². The molecular formula is C25H32N6O3. The number of rotatable bonds is 8. The lowest BCUT2D eigenvalue weighted by atomic mass is 9.93. The number of hydrogen-bond acceptors (Lipinski definition) is 9. The maximum absolute atomic E-state index is 6.47. The molecule has 2 aliphatic rings. The first kappa shape index (κ1) is 22.6. The van der Waals surface area contributed by atoms with Gasteiger partial charge < -0.3 is 24.4 Å². The molecule has 1 N–H and O–H groups in total. The second kappa shape index (κ2) is 10.8. The number of ether oxygens (including phenoxy) is 3. The van der Waals surface area contributed by atoms with Crippen LogP contribution in [0, 0.1) is 0 Å². The van der Waals surface area contributed by atoms with Gasteiger partial charge >= 0.3 is 0 Å². The molecule has 1 aliphatic carbocycles. The molecule has 0 amide bonds. The Morgan fingerprint density at radius 3 is 2.65 bits per heavy atom. The first-order valence-corrected chi connectivity index (χ1v) is 12.2. The number of aromatic nitrogens is 4. The van der Waals surface area contributed by atoms with Gasteiger partial charge in [0.25, 0.3) is 0 Å². The summed E-state index contributed by atoms with van der Waals surface area (Å²) in [5.41, 5.74) is 0.910. The number of anilines is 2. The van der Waals surface area contributed by atoms with Crippen LogP contribution in [0.25, 0.3) is 10.9 Å². The van der Waals surface area contributed by atoms with Crippen LogP contribution in [0.1, 0.15) is 39.0 Å². The van der Waals surface area contributed by atoms with Crippen molar-refractivity contribution >= 4 is 22.7 Å². The van der Waals surface area contributed by atoms with E-state index in [4.69, 9.17) is 19.2 Å². The Morgan fingerprint density at radius 2 is 1.88 bits per heavy atom. The van der Waals surface area contributed by atoms with E-state index in [9.17, 15) is 0 Å². The summed E-state index contributed by atoms with van der Waals surface area (Å²) in [6.07, 6.45) is 10.2. The van der Waals surface area contributed by atoms with Crippen LogP contribution >= 0.6 is 0 Å². The average molecular weight is 465 g/mol. The zero-order chi connectivity index (χ0) is 23.2. The molecule has 34 heavy (non-hydrogen) atoms. The van der Waals surface area contributed by atoms with Gasteiger partial charge in [-0.15, -0.1) is 0 Å². The second-order valence-corrected chi connectivity index (χ2v) is 8.78. The molecule has 3 aromatic rings. The third-order valence-electron chi connectivity index (χ3n) is 6.27. The fourth-order valence-electron chi connectivity index (χ4n) is 4.43. The van der Waals surface area contributed by atoms with Crippen molar-refractivity contribution in [1.82, 2.24) is 19.9 Å². The van der Waals surface area contributed by atoms with E-state index in [-0.39, 0.29) is 6.10 Å². The summed E-state index contributed by atoms with van der Waals surface area (Å²) < 4.78 is 17.5. The Balaban J connectivity index is 1.21. The monoisotopic (exact) mass is 464 g/mol. The molecule has 1 aliphatic heterocycles. The summed E-state index contributed by atoms with van der Waals surface area (Å²) in [6, 6.07) is 6.34. The minimum atomic E-state index is 0.125. The molecule has 5 rings (SSSR count). The van der Waals surface area contributed by atoms with E-state index in [1.807, 2.05) is 24.4 Å². The van der Waals surface area contributed by atoms with Gasteiger partial charge in [-0.05, 0) is 44.2 Å². The molecule has 1 saturated heterocycles. The number of nitrogens with one attached hydrogen (secondary N) is 1. The van der Waals surface area contributed by atoms with Crippen LogP contribution in [0.2, 0.25) is 0 Å². The Kier molecular flexibility index (Phi) is 7.19. The molecule has 9 nitrogen and oxygen atoms in total. The first-order valence-electron chi connectivity index (χ1n) is 12.2. The van der Waals surface area contributed by atoms with Gasteiger partial charge in [0.1, 0.15) is 11.9 Å². The van der Waals surface area contributed by atoms with Crippen LogP contribution in [-0.4, -0.2) is 65.0 Å². The molecule has 0 aromatic carbocycles. The molecule has 0 radical (unpaired) electrons. The van der Waals surface area contributed by atoms with E-state index >= 15 is 0 Å². The van der Waals surface area contributed by atoms with E-state index in [2.05, 4.69) is 32.1 Å². The smallest absolute Gasteiger partial charge is 0.225 e. The number of fused-ring (bicyclic) bond motifs is 1. The van der Waals surface area contributed by atoms with Crippen molar-refractivity contribution in [2.45, 2.75) is 51.2 Å². The molecule has 9 heteroatoms. The largest absolute Gasteiger partial charge is 0.490 e. The van der Waals surface area contributed by atoms with Crippen LogP contribution in [0.5, 0.6) is 11.6 Å². The molecule has 180 valence electrons. The molecule has 2 fully saturated rings. The molecule has 3 aromatic heterocycles. The van der Waals surface area contributed by atoms with Gasteiger partial charge in [0.05, 0.1) is 43.1 Å². The average Bonchev–Trinajstić information content (AvgIpc) is 2.90. The second-order valence-electron chi connectivity index (χ2n) is 8.78. The van der Waals surface area contributed by atoms with Gasteiger partial charge in [-0.25, -0.2) is 9.97 Å². The number of nitrogens with zero attached hydrogens (tertiary/aromatic N) is 5. The van der Waals surface area contributed by atoms with Gasteiger partial charge in [-0.1, -0.05) is 6.92 Å². The Labute approximate surface area is 199 Å². The summed E-state index contributed by atoms with van der Waals surface area (Å²) in [5, 5.41) is 4.41. The van der Waals surface area contributed by atoms with E-state index in [0.717, 1.165) is 61.9 Å². The lowest BCUT2D eigenvalue weighted by Crippen LogP contribution is -2.37. The zero-order valence-corrected chi connectivity index (χ0v) is 19.7. The lowest BCUT2D eigenvalue weighted by molar-refractivity contribution is 0.122. The predicted octanol–water partition coefficient (Wildman–Crippen LogP) is 3.85. The fourth-order valence-corrected chi connectivity index (χ4v) is 4.43. The van der Waals surface area contributed by atoms with Crippen LogP contribution in [-0.2, 0) is 4.74 Å². The molecule has 0 atom stereocenters. The molecule has 4 heterocycles. The van der Waals surface area contributed by atoms with E-state index < -0.39 is 0 Å². The maximum atomic E-state index is 6.47. The quantitative estimate of drug-likeness (QED) is 0.533. The topological polar surface area (TPSA) is 94.5 Å². The Morgan fingerprint density at radius 1 is 1.09 bits per heavy atom. The van der Waals surface area contributed by atoms with Crippen molar-refractivity contribution in [3.05, 3.63) is 36.8 Å². The standard InChI is InChI=1S/C25H32N6O3/c1-2-12-33-20-16-27-25(28-17-20)29-18-5-7-19(8-6-18)34-24-21-4-3-9-26-22(21)15-23(30-24)31-10-13-32-14-11-31/h3-4,9,15-19H,2,5-8,10-14H2,1H3,(H,27,28,29). The molecular weight excluding hydrogens is 432 g/mol. The van der Waals surface area contributed by atoms with Crippen LogP contribution in [0.4, 0.5) is 11.8 Å². The van der Waals surface area contributed by atoms with Crippen molar-refractivity contribution in [3.8, 4) is 11.6 Å². The predicted molar refractivity (Wildman–Crippen MR) is 131 cm³/mol. The molecule has 0 bridgehead atoms. The molecule has 1 saturated carbocycles. The lowest BCUT2D eigenvalue weighted by Gasteiger charge is -2.31. The summed E-state index contributed by atoms with van der Waals surface area (Å²) in [6.45, 7) is 5.84. The molecule has 0 unspecified atom stereocenters. The number of pyridine rings is 2. The minimum absolute atomic E-state index is 0.125. The van der Waals surface area contributed by atoms with E-state index in [1.54, 1.807) is 12.4 Å². The highest BCUT2D eigenvalue weighted by Gasteiger charge is 2.25. The van der Waals surface area contributed by atoms with Crippen LogP contribution < -0.4 is 19.7 Å². The highest BCUT2D eigenvalue weighted by molar-refractivity contribution is 5.85. The number of hydrogen-bond donors (Lipinski definition) is 1. The summed E-state index contributed by atoms with van der Waals surface area (Å²) >= 11 is 0. The third kappa shape index (κ3) is 5.47. The Bertz CT molecular complexity index is 1070. The number of morpholine rings is 1. The van der Waals surface area contributed by atoms with Crippen LogP contribution in [0.3, 0.4) is 0 Å². The SMILES string of the molecule is CCCOc1cnc(NC2CCC(Oc3nc(N4CCOCC4)cc4ncccc34)CC2)nc1. The summed E-state index contributed by atoms with van der Waals surface area (Å²) in [7, 11) is 0. The summed E-state index contributed by atoms with van der Waals surface area (Å²) in [5.74, 6) is 2.93. The van der Waals surface area contributed by atoms with Crippen molar-refractivity contribution in [1.29, 1.82) is 0 Å². The summed E-state index contributed by atoms with van der Waals surface area (Å²) in [4.78, 5) is 20.5. The minimum Gasteiger partial charge on any atom is -0.490 e. The normalized spacial score (nSPS) is 20.8. The Hall–Kier alpha value is -3.20. The third-order valence-corrected chi connectivity index (χ3v) is 6.27. The zero-order valence-electron chi connectivity index (χ0n) is 19.7. The van der Waals surface area contributed by atoms with Crippen molar-refractivity contribution in [2.24, 2.45) is 0 Å². The highest BCUT2D eigenvalue weighted by atomic mass is 16.5. The van der Waals surface area contributed by atoms with E-state index in [1.165, 1.54) is 0 Å². The van der Waals surface area contributed by atoms with Crippen LogP contribution in [0.15, 0.2) is 36.8 Å². The van der Waals surface area contributed by atoms with Gasteiger partial charge in [-0.2, -0.15) is 4.98 Å².